The van der Waals surface area contributed by atoms with Gasteiger partial charge in [-0.15, -0.1) is 0 Å². The fourth-order valence-corrected chi connectivity index (χ4v) is 3.68. The van der Waals surface area contributed by atoms with Gasteiger partial charge in [0.15, 0.2) is 11.8 Å². The maximum absolute atomic E-state index is 12.8. The Morgan fingerprint density at radius 3 is 2.57 bits per heavy atom. The number of carboxylic acids is 1. The van der Waals surface area contributed by atoms with E-state index >= 15 is 0 Å². The van der Waals surface area contributed by atoms with Gasteiger partial charge in [0.05, 0.1) is 17.9 Å². The van der Waals surface area contributed by atoms with Crippen molar-refractivity contribution in [3.8, 4) is 5.75 Å². The van der Waals surface area contributed by atoms with Crippen molar-refractivity contribution in [2.75, 3.05) is 0 Å². The molecule has 3 heterocycles. The number of aromatic amines is 1. The summed E-state index contributed by atoms with van der Waals surface area (Å²) in [6, 6.07) is -0.833. The molecule has 6 atom stereocenters. The molecule has 0 radical (unpaired) electrons. The van der Waals surface area contributed by atoms with Crippen LogP contribution < -0.4 is 22.3 Å². The maximum atomic E-state index is 12.8. The molecular formula is C22H27N5O10. The van der Waals surface area contributed by atoms with E-state index in [0.717, 1.165) is 17.0 Å². The number of aryl methyl sites for hydroxylation is 1. The molecule has 1 amide bonds. The lowest BCUT2D eigenvalue weighted by molar-refractivity contribution is -0.145. The van der Waals surface area contributed by atoms with Crippen molar-refractivity contribution in [2.24, 2.45) is 11.7 Å². The zero-order valence-corrected chi connectivity index (χ0v) is 19.7. The second-order valence-electron chi connectivity index (χ2n) is 8.62. The third kappa shape index (κ3) is 5.79. The van der Waals surface area contributed by atoms with E-state index in [1.54, 1.807) is 0 Å². The van der Waals surface area contributed by atoms with Gasteiger partial charge in [0, 0.05) is 24.1 Å². The molecule has 0 aromatic carbocycles. The Bertz CT molecular complexity index is 1320. The van der Waals surface area contributed by atoms with Crippen LogP contribution in [-0.4, -0.2) is 70.1 Å². The number of amides is 1. The molecular weight excluding hydrogens is 494 g/mol. The van der Waals surface area contributed by atoms with Crippen molar-refractivity contribution in [2.45, 2.75) is 50.8 Å². The molecule has 15 heteroatoms. The van der Waals surface area contributed by atoms with Crippen molar-refractivity contribution in [3.63, 3.8) is 0 Å². The number of aliphatic hydroxyl groups excluding tert-OH is 3. The third-order valence-electron chi connectivity index (χ3n) is 5.92. The minimum absolute atomic E-state index is 0.0976. The summed E-state index contributed by atoms with van der Waals surface area (Å²) in [5.74, 6) is -5.15. The summed E-state index contributed by atoms with van der Waals surface area (Å²) in [4.78, 5) is 54.6. The smallest absolute Gasteiger partial charge is 0.334 e. The van der Waals surface area contributed by atoms with E-state index in [0.29, 0.717) is 0 Å². The van der Waals surface area contributed by atoms with Gasteiger partial charge in [0.2, 0.25) is 12.1 Å². The standard InChI is InChI=1S/C22H27N5O10/c1-8-7-27(22(36)26-18(8)32)20-13(30)5-12(29)17(37-20)15(21(34)35)25-19(33)14(23)9(2)16(31)11-4-3-10(28)6-24-11/h3-4,6-7,9,13-16,20,28-31H,5,23H2,1-2H3,(H,25,33)(H,34,35)(H,26,32,36)/t9?,13?,14?,15?,16?,20-/m1/s1. The molecule has 3 rings (SSSR count). The summed E-state index contributed by atoms with van der Waals surface area (Å²) < 4.78 is 6.29. The van der Waals surface area contributed by atoms with Crippen molar-refractivity contribution in [1.29, 1.82) is 0 Å². The zero-order chi connectivity index (χ0) is 27.6. The SMILES string of the molecule is Cc1cn([C@@H]2OC(C(NC(=O)C(N)C(C)C(O)c3ccc(O)cn3)C(=O)O)=C(O)CC2O)c(=O)[nH]c1=O. The van der Waals surface area contributed by atoms with E-state index in [1.807, 2.05) is 4.98 Å². The quantitative estimate of drug-likeness (QED) is 0.193. The van der Waals surface area contributed by atoms with E-state index in [1.165, 1.54) is 26.0 Å². The van der Waals surface area contributed by atoms with E-state index in [4.69, 9.17) is 10.5 Å². The number of aromatic hydroxyl groups is 1. The fourth-order valence-electron chi connectivity index (χ4n) is 3.68. The number of nitrogens with zero attached hydrogens (tertiary/aromatic N) is 2. The number of aliphatic hydroxyl groups is 3. The molecule has 2 aromatic heterocycles. The first kappa shape index (κ1) is 27.4. The third-order valence-corrected chi connectivity index (χ3v) is 5.92. The number of carboxylic acid groups (broad SMARTS) is 1. The van der Waals surface area contributed by atoms with Crippen LogP contribution in [0.4, 0.5) is 0 Å². The molecule has 9 N–H and O–H groups in total. The van der Waals surface area contributed by atoms with E-state index in [2.05, 4.69) is 10.3 Å². The Kier molecular flexibility index (Phi) is 8.00. The van der Waals surface area contributed by atoms with Crippen molar-refractivity contribution in [1.82, 2.24) is 19.9 Å². The molecule has 0 aliphatic carbocycles. The largest absolute Gasteiger partial charge is 0.509 e. The molecule has 200 valence electrons. The van der Waals surface area contributed by atoms with Gasteiger partial charge in [-0.1, -0.05) is 6.92 Å². The minimum atomic E-state index is -1.98. The van der Waals surface area contributed by atoms with Crippen LogP contribution in [0.25, 0.3) is 0 Å². The zero-order valence-electron chi connectivity index (χ0n) is 19.7. The van der Waals surface area contributed by atoms with Crippen LogP contribution in [0.3, 0.4) is 0 Å². The van der Waals surface area contributed by atoms with Crippen LogP contribution in [0.1, 0.15) is 36.9 Å². The highest BCUT2D eigenvalue weighted by Gasteiger charge is 2.40. The van der Waals surface area contributed by atoms with Crippen molar-refractivity contribution < 1.29 is 39.9 Å². The van der Waals surface area contributed by atoms with E-state index in [9.17, 15) is 44.7 Å². The van der Waals surface area contributed by atoms with E-state index < -0.39 is 77.5 Å². The summed E-state index contributed by atoms with van der Waals surface area (Å²) >= 11 is 0. The van der Waals surface area contributed by atoms with Crippen LogP contribution in [0.15, 0.2) is 45.6 Å². The molecule has 0 spiro atoms. The Morgan fingerprint density at radius 1 is 1.30 bits per heavy atom. The van der Waals surface area contributed by atoms with E-state index in [-0.39, 0.29) is 17.0 Å². The monoisotopic (exact) mass is 521 g/mol. The summed E-state index contributed by atoms with van der Waals surface area (Å²) in [6.45, 7) is 2.81. The first-order valence-electron chi connectivity index (χ1n) is 11.0. The van der Waals surface area contributed by atoms with Crippen molar-refractivity contribution >= 4 is 11.9 Å². The molecule has 37 heavy (non-hydrogen) atoms. The summed E-state index contributed by atoms with van der Waals surface area (Å²) in [6.07, 6.45) is -2.74. The van der Waals surface area contributed by atoms with Gasteiger partial charge in [-0.3, -0.25) is 24.1 Å². The van der Waals surface area contributed by atoms with Gasteiger partial charge >= 0.3 is 11.7 Å². The molecule has 0 fully saturated rings. The molecule has 1 aliphatic heterocycles. The van der Waals surface area contributed by atoms with Crippen molar-refractivity contribution in [3.05, 3.63) is 68.1 Å². The number of H-pyrrole nitrogens is 1. The minimum Gasteiger partial charge on any atom is -0.509 e. The van der Waals surface area contributed by atoms with Gasteiger partial charge in [0.1, 0.15) is 23.7 Å². The number of ether oxygens (including phenoxy) is 1. The highest BCUT2D eigenvalue weighted by atomic mass is 16.5. The molecule has 0 bridgehead atoms. The van der Waals surface area contributed by atoms with Crippen LogP contribution in [-0.2, 0) is 14.3 Å². The number of aromatic nitrogens is 3. The number of hydrogen-bond donors (Lipinski definition) is 8. The maximum Gasteiger partial charge on any atom is 0.334 e. The van der Waals surface area contributed by atoms with Crippen LogP contribution in [0.2, 0.25) is 0 Å². The normalized spacial score (nSPS) is 20.9. The number of carbonyl (C=O) groups excluding carboxylic acids is 1. The van der Waals surface area contributed by atoms with Gasteiger partial charge < -0.3 is 41.3 Å². The fraction of sp³-hybridized carbons (Fsp3) is 0.409. The second-order valence-corrected chi connectivity index (χ2v) is 8.62. The molecule has 0 saturated heterocycles. The number of carbonyl (C=O) groups is 2. The highest BCUT2D eigenvalue weighted by molar-refractivity contribution is 5.88. The van der Waals surface area contributed by atoms with Crippen LogP contribution in [0, 0.1) is 12.8 Å². The van der Waals surface area contributed by atoms with Gasteiger partial charge in [-0.2, -0.15) is 0 Å². The average Bonchev–Trinajstić information content (AvgIpc) is 2.84. The predicted octanol–water partition coefficient (Wildman–Crippen LogP) is -1.74. The Morgan fingerprint density at radius 2 is 1.97 bits per heavy atom. The van der Waals surface area contributed by atoms with Gasteiger partial charge in [0.25, 0.3) is 5.56 Å². The average molecular weight is 521 g/mol. The Labute approximate surface area is 208 Å². The summed E-state index contributed by atoms with van der Waals surface area (Å²) in [5.41, 5.74) is 4.53. The van der Waals surface area contributed by atoms with Gasteiger partial charge in [-0.05, 0) is 19.1 Å². The van der Waals surface area contributed by atoms with Gasteiger partial charge in [-0.25, -0.2) is 9.59 Å². The van der Waals surface area contributed by atoms with Crippen LogP contribution in [0.5, 0.6) is 5.75 Å². The van der Waals surface area contributed by atoms with Crippen LogP contribution >= 0.6 is 0 Å². The predicted molar refractivity (Wildman–Crippen MR) is 124 cm³/mol. The Balaban J connectivity index is 1.83. The number of pyridine rings is 1. The summed E-state index contributed by atoms with van der Waals surface area (Å²) in [5, 5.41) is 52.4. The number of aliphatic carboxylic acids is 1. The summed E-state index contributed by atoms with van der Waals surface area (Å²) in [7, 11) is 0. The second kappa shape index (κ2) is 10.8. The lowest BCUT2D eigenvalue weighted by atomic mass is 9.93. The number of nitrogens with two attached hydrogens (primary N) is 1. The number of rotatable bonds is 8. The molecule has 15 nitrogen and oxygen atoms in total. The molecule has 2 aromatic rings. The molecule has 5 unspecified atom stereocenters. The first-order valence-corrected chi connectivity index (χ1v) is 11.0. The lowest BCUT2D eigenvalue weighted by Gasteiger charge is -2.34. The Hall–Kier alpha value is -4.21. The lowest BCUT2D eigenvalue weighted by Crippen LogP contribution is -2.53. The number of nitrogens with one attached hydrogen (secondary N) is 2. The molecule has 1 aliphatic rings. The number of hydrogen-bond acceptors (Lipinski definition) is 11. The molecule has 0 saturated carbocycles. The highest BCUT2D eigenvalue weighted by Crippen LogP contribution is 2.31. The topological polar surface area (TPSA) is 250 Å². The first-order chi connectivity index (χ1) is 17.3.